The molecule has 0 N–H and O–H groups in total. The van der Waals surface area contributed by atoms with Crippen LogP contribution < -0.4 is 0 Å². The Hall–Kier alpha value is -0.860. The maximum atomic E-state index is 11.2. The van der Waals surface area contributed by atoms with E-state index < -0.39 is 0 Å². The predicted molar refractivity (Wildman–Crippen MR) is 41.1 cm³/mol. The molecule has 1 saturated carbocycles. The first-order valence-corrected chi connectivity index (χ1v) is 4.44. The topological polar surface area (TPSA) is 43.4 Å². The first-order chi connectivity index (χ1) is 5.68. The van der Waals surface area contributed by atoms with Crippen molar-refractivity contribution in [3.63, 3.8) is 0 Å². The summed E-state index contributed by atoms with van der Waals surface area (Å²) >= 11 is 0. The van der Waals surface area contributed by atoms with Crippen molar-refractivity contribution < 1.29 is 14.3 Å². The minimum atomic E-state index is -0.327. The Labute approximate surface area is 71.1 Å². The molecule has 1 saturated heterocycles. The minimum Gasteiger partial charge on any atom is -0.393 e. The zero-order valence-corrected chi connectivity index (χ0v) is 7.08. The van der Waals surface area contributed by atoms with Crippen molar-refractivity contribution in [2.45, 2.75) is 26.2 Å². The molecule has 0 aromatic heterocycles. The molecule has 3 nitrogen and oxygen atoms in total. The molecule has 2 aliphatic rings. The number of rotatable bonds is 0. The van der Waals surface area contributed by atoms with E-state index in [1.54, 1.807) is 0 Å². The van der Waals surface area contributed by atoms with Crippen LogP contribution in [-0.4, -0.2) is 11.9 Å². The van der Waals surface area contributed by atoms with Gasteiger partial charge in [-0.15, -0.1) is 0 Å². The van der Waals surface area contributed by atoms with E-state index in [0.717, 1.165) is 19.3 Å². The van der Waals surface area contributed by atoms with Gasteiger partial charge in [-0.1, -0.05) is 6.92 Å². The van der Waals surface area contributed by atoms with E-state index in [1.807, 2.05) is 6.92 Å². The summed E-state index contributed by atoms with van der Waals surface area (Å²) in [6, 6.07) is 0. The maximum Gasteiger partial charge on any atom is 0.316 e. The molecule has 0 spiro atoms. The van der Waals surface area contributed by atoms with E-state index >= 15 is 0 Å². The molecule has 2 rings (SSSR count). The molecule has 12 heavy (non-hydrogen) atoms. The van der Waals surface area contributed by atoms with Crippen LogP contribution >= 0.6 is 0 Å². The zero-order valence-electron chi connectivity index (χ0n) is 7.08. The van der Waals surface area contributed by atoms with E-state index in [-0.39, 0.29) is 23.8 Å². The van der Waals surface area contributed by atoms with Crippen molar-refractivity contribution in [3.8, 4) is 0 Å². The summed E-state index contributed by atoms with van der Waals surface area (Å²) in [5.74, 6) is -0.321. The van der Waals surface area contributed by atoms with E-state index in [9.17, 15) is 9.59 Å². The number of carbonyl (C=O) groups excluding carboxylic acids is 2. The van der Waals surface area contributed by atoms with Gasteiger partial charge in [0.2, 0.25) is 0 Å². The number of esters is 2. The van der Waals surface area contributed by atoms with Crippen molar-refractivity contribution in [2.24, 2.45) is 17.8 Å². The van der Waals surface area contributed by atoms with E-state index in [2.05, 4.69) is 4.74 Å². The second-order valence-corrected chi connectivity index (χ2v) is 3.80. The Kier molecular flexibility index (Phi) is 1.67. The van der Waals surface area contributed by atoms with Gasteiger partial charge in [0.25, 0.3) is 0 Å². The van der Waals surface area contributed by atoms with Crippen LogP contribution in [0.2, 0.25) is 0 Å². The van der Waals surface area contributed by atoms with E-state index in [1.165, 1.54) is 0 Å². The second kappa shape index (κ2) is 2.57. The Balaban J connectivity index is 2.24. The summed E-state index contributed by atoms with van der Waals surface area (Å²) in [4.78, 5) is 22.4. The third kappa shape index (κ3) is 1.04. The Bertz CT molecular complexity index is 228. The molecule has 3 atom stereocenters. The lowest BCUT2D eigenvalue weighted by Crippen LogP contribution is -2.23. The van der Waals surface area contributed by atoms with Gasteiger partial charge in [0, 0.05) is 0 Å². The molecule has 1 aliphatic carbocycles. The number of fused-ring (bicyclic) bond motifs is 2. The lowest BCUT2D eigenvalue weighted by Gasteiger charge is -2.13. The quantitative estimate of drug-likeness (QED) is 0.402. The first-order valence-electron chi connectivity index (χ1n) is 4.44. The largest absolute Gasteiger partial charge is 0.393 e. The predicted octanol–water partition coefficient (Wildman–Crippen LogP) is 1.12. The first kappa shape index (κ1) is 7.77. The monoisotopic (exact) mass is 168 g/mol. The third-order valence-electron chi connectivity index (χ3n) is 3.09. The normalized spacial score (nSPS) is 40.9. The van der Waals surface area contributed by atoms with Gasteiger partial charge in [0.15, 0.2) is 0 Å². The van der Waals surface area contributed by atoms with Gasteiger partial charge < -0.3 is 4.74 Å². The second-order valence-electron chi connectivity index (χ2n) is 3.80. The van der Waals surface area contributed by atoms with Crippen LogP contribution in [0.4, 0.5) is 0 Å². The molecule has 0 aromatic carbocycles. The Morgan fingerprint density at radius 3 is 2.75 bits per heavy atom. The van der Waals surface area contributed by atoms with Crippen molar-refractivity contribution in [1.29, 1.82) is 0 Å². The molecular formula is C9H12O3. The molecule has 0 aromatic rings. The number of hydrogen-bond donors (Lipinski definition) is 0. The minimum absolute atomic E-state index is 0.00361. The summed E-state index contributed by atoms with van der Waals surface area (Å²) in [5, 5.41) is 0. The van der Waals surface area contributed by atoms with Crippen LogP contribution in [0, 0.1) is 17.8 Å². The summed E-state index contributed by atoms with van der Waals surface area (Å²) in [6.07, 6.45) is 2.76. The van der Waals surface area contributed by atoms with Crippen LogP contribution in [0.1, 0.15) is 26.2 Å². The highest BCUT2D eigenvalue weighted by Gasteiger charge is 2.41. The van der Waals surface area contributed by atoms with Gasteiger partial charge in [-0.2, -0.15) is 0 Å². The number of ether oxygens (including phenoxy) is 1. The number of hydrogen-bond acceptors (Lipinski definition) is 3. The zero-order chi connectivity index (χ0) is 8.72. The highest BCUT2D eigenvalue weighted by molar-refractivity contribution is 5.89. The summed E-state index contributed by atoms with van der Waals surface area (Å²) in [7, 11) is 0. The van der Waals surface area contributed by atoms with Gasteiger partial charge in [0.05, 0.1) is 11.8 Å². The van der Waals surface area contributed by atoms with Crippen molar-refractivity contribution in [1.82, 2.24) is 0 Å². The van der Waals surface area contributed by atoms with Crippen LogP contribution in [0.5, 0.6) is 0 Å². The molecule has 2 bridgehead atoms. The molecule has 0 radical (unpaired) electrons. The molecule has 1 heterocycles. The third-order valence-corrected chi connectivity index (χ3v) is 3.09. The van der Waals surface area contributed by atoms with Crippen LogP contribution in [0.15, 0.2) is 0 Å². The van der Waals surface area contributed by atoms with Crippen molar-refractivity contribution in [3.05, 3.63) is 0 Å². The van der Waals surface area contributed by atoms with Gasteiger partial charge in [-0.25, -0.2) is 0 Å². The van der Waals surface area contributed by atoms with Crippen molar-refractivity contribution >= 4 is 11.9 Å². The van der Waals surface area contributed by atoms with Crippen LogP contribution in [0.25, 0.3) is 0 Å². The van der Waals surface area contributed by atoms with Gasteiger partial charge in [0.1, 0.15) is 0 Å². The molecule has 2 fully saturated rings. The smallest absolute Gasteiger partial charge is 0.316 e. The lowest BCUT2D eigenvalue weighted by atomic mass is 9.93. The van der Waals surface area contributed by atoms with Gasteiger partial charge in [-0.3, -0.25) is 9.59 Å². The average molecular weight is 168 g/mol. The van der Waals surface area contributed by atoms with Crippen LogP contribution in [0.3, 0.4) is 0 Å². The fourth-order valence-corrected chi connectivity index (χ4v) is 2.15. The Morgan fingerprint density at radius 2 is 2.00 bits per heavy atom. The molecule has 0 amide bonds. The highest BCUT2D eigenvalue weighted by Crippen LogP contribution is 2.39. The molecule has 3 heteroatoms. The van der Waals surface area contributed by atoms with Gasteiger partial charge >= 0.3 is 11.9 Å². The fourth-order valence-electron chi connectivity index (χ4n) is 2.15. The highest BCUT2D eigenvalue weighted by atomic mass is 16.6. The summed E-state index contributed by atoms with van der Waals surface area (Å²) in [5.41, 5.74) is 0. The van der Waals surface area contributed by atoms with Crippen LogP contribution in [-0.2, 0) is 14.3 Å². The molecular weight excluding hydrogens is 156 g/mol. The van der Waals surface area contributed by atoms with E-state index in [4.69, 9.17) is 0 Å². The molecule has 66 valence electrons. The van der Waals surface area contributed by atoms with Gasteiger partial charge in [-0.05, 0) is 25.2 Å². The maximum absolute atomic E-state index is 11.2. The number of cyclic esters (lactones) is 2. The number of carbonyl (C=O) groups is 2. The molecule has 3 unspecified atom stereocenters. The standard InChI is InChI=1S/C9H12O3/c1-5-6-2-3-7(4-6)9(11)12-8(5)10/h5-7H,2-4H2,1H3. The molecule has 1 aliphatic heterocycles. The summed E-state index contributed by atoms with van der Waals surface area (Å²) < 4.78 is 4.68. The lowest BCUT2D eigenvalue weighted by molar-refractivity contribution is -0.164. The van der Waals surface area contributed by atoms with Crippen molar-refractivity contribution in [2.75, 3.05) is 0 Å². The fraction of sp³-hybridized carbons (Fsp3) is 0.778. The SMILES string of the molecule is CC1C(=O)OC(=O)C2CCC1C2. The summed E-state index contributed by atoms with van der Waals surface area (Å²) in [6.45, 7) is 1.86. The average Bonchev–Trinajstić information content (AvgIpc) is 2.47. The Morgan fingerprint density at radius 1 is 1.25 bits per heavy atom. The van der Waals surface area contributed by atoms with E-state index in [0.29, 0.717) is 5.92 Å².